The minimum absolute atomic E-state index is 0.0949. The lowest BCUT2D eigenvalue weighted by molar-refractivity contribution is 0.220. The van der Waals surface area contributed by atoms with Crippen molar-refractivity contribution >= 4 is 21.4 Å². The van der Waals surface area contributed by atoms with Crippen LogP contribution in [0.3, 0.4) is 0 Å². The van der Waals surface area contributed by atoms with Gasteiger partial charge in [0.15, 0.2) is 0 Å². The van der Waals surface area contributed by atoms with Crippen LogP contribution in [0.4, 0.5) is 11.4 Å². The molecule has 120 valence electrons. The first-order valence-electron chi connectivity index (χ1n) is 6.77. The van der Waals surface area contributed by atoms with Crippen molar-refractivity contribution in [3.05, 3.63) is 18.2 Å². The monoisotopic (exact) mass is 315 g/mol. The van der Waals surface area contributed by atoms with Gasteiger partial charge in [0.1, 0.15) is 4.90 Å². The summed E-state index contributed by atoms with van der Waals surface area (Å²) in [5.74, 6) is 0. The van der Waals surface area contributed by atoms with E-state index < -0.39 is 10.0 Å². The predicted octanol–water partition coefficient (Wildman–Crippen LogP) is 1.34. The summed E-state index contributed by atoms with van der Waals surface area (Å²) >= 11 is 0. The number of nitrogens with two attached hydrogens (primary N) is 1. The molecule has 7 heteroatoms. The van der Waals surface area contributed by atoms with E-state index >= 15 is 0 Å². The lowest BCUT2D eigenvalue weighted by Crippen LogP contribution is -2.26. The smallest absolute Gasteiger partial charge is 0.244 e. The molecule has 0 radical (unpaired) electrons. The number of hydrogen-bond acceptors (Lipinski definition) is 5. The molecule has 0 bridgehead atoms. The van der Waals surface area contributed by atoms with Crippen LogP contribution in [-0.2, 0) is 10.0 Å². The Morgan fingerprint density at radius 3 is 2.48 bits per heavy atom. The summed E-state index contributed by atoms with van der Waals surface area (Å²) in [6, 6.07) is 4.90. The summed E-state index contributed by atoms with van der Waals surface area (Å²) in [4.78, 5) is 0.0949. The molecule has 0 fully saturated rings. The molecular weight excluding hydrogens is 290 g/mol. The van der Waals surface area contributed by atoms with Gasteiger partial charge >= 0.3 is 0 Å². The molecule has 0 aliphatic carbocycles. The maximum absolute atomic E-state index is 12.2. The minimum Gasteiger partial charge on any atom is -0.396 e. The fourth-order valence-electron chi connectivity index (χ4n) is 1.85. The first-order valence-corrected chi connectivity index (χ1v) is 8.21. The molecule has 1 aromatic carbocycles. The number of nitrogen functional groups attached to an aromatic ring is 1. The van der Waals surface area contributed by atoms with Gasteiger partial charge < -0.3 is 16.2 Å². The van der Waals surface area contributed by atoms with E-state index in [1.807, 2.05) is 13.8 Å². The van der Waals surface area contributed by atoms with Crippen LogP contribution in [0.5, 0.6) is 0 Å². The van der Waals surface area contributed by atoms with Crippen LogP contribution < -0.4 is 11.1 Å². The van der Waals surface area contributed by atoms with Crippen molar-refractivity contribution in [2.24, 2.45) is 5.41 Å². The molecule has 0 aliphatic heterocycles. The maximum Gasteiger partial charge on any atom is 0.244 e. The Bertz CT molecular complexity index is 583. The molecule has 0 saturated carbocycles. The van der Waals surface area contributed by atoms with Gasteiger partial charge in [0.2, 0.25) is 10.0 Å². The van der Waals surface area contributed by atoms with E-state index in [4.69, 9.17) is 10.8 Å². The topological polar surface area (TPSA) is 95.7 Å². The van der Waals surface area contributed by atoms with Crippen LogP contribution in [0.15, 0.2) is 23.1 Å². The molecule has 0 aliphatic rings. The summed E-state index contributed by atoms with van der Waals surface area (Å²) in [6.07, 6.45) is 0.648. The standard InChI is InChI=1S/C14H25N3O3S/c1-14(2,8-9-18)10-16-11-6-5-7-12(13(11)15)21(19,20)17(3)4/h5-7,16,18H,8-10,15H2,1-4H3. The fourth-order valence-corrected chi connectivity index (χ4v) is 2.88. The van der Waals surface area contributed by atoms with E-state index in [1.54, 1.807) is 12.1 Å². The summed E-state index contributed by atoms with van der Waals surface area (Å²) in [5, 5.41) is 12.2. The van der Waals surface area contributed by atoms with Gasteiger partial charge in [-0.1, -0.05) is 19.9 Å². The zero-order valence-electron chi connectivity index (χ0n) is 13.0. The van der Waals surface area contributed by atoms with Crippen molar-refractivity contribution in [3.8, 4) is 0 Å². The Hall–Kier alpha value is -1.31. The zero-order chi connectivity index (χ0) is 16.3. The van der Waals surface area contributed by atoms with Gasteiger partial charge in [-0.05, 0) is 24.0 Å². The van der Waals surface area contributed by atoms with E-state index in [-0.39, 0.29) is 22.6 Å². The first kappa shape index (κ1) is 17.7. The summed E-state index contributed by atoms with van der Waals surface area (Å²) in [7, 11) is -0.623. The number of aliphatic hydroxyl groups is 1. The Morgan fingerprint density at radius 2 is 1.95 bits per heavy atom. The highest BCUT2D eigenvalue weighted by atomic mass is 32.2. The van der Waals surface area contributed by atoms with Gasteiger partial charge in [-0.2, -0.15) is 0 Å². The highest BCUT2D eigenvalue weighted by molar-refractivity contribution is 7.89. The molecule has 1 rings (SSSR count). The van der Waals surface area contributed by atoms with Crippen LogP contribution in [-0.4, -0.2) is 45.1 Å². The van der Waals surface area contributed by atoms with Crippen molar-refractivity contribution in [3.63, 3.8) is 0 Å². The minimum atomic E-state index is -3.57. The number of aliphatic hydroxyl groups excluding tert-OH is 1. The van der Waals surface area contributed by atoms with Crippen molar-refractivity contribution in [2.45, 2.75) is 25.2 Å². The van der Waals surface area contributed by atoms with Gasteiger partial charge in [-0.25, -0.2) is 12.7 Å². The molecule has 0 heterocycles. The molecule has 21 heavy (non-hydrogen) atoms. The van der Waals surface area contributed by atoms with Crippen LogP contribution in [0, 0.1) is 5.41 Å². The molecule has 0 unspecified atom stereocenters. The summed E-state index contributed by atoms with van der Waals surface area (Å²) in [5.41, 5.74) is 6.68. The van der Waals surface area contributed by atoms with E-state index in [2.05, 4.69) is 5.32 Å². The van der Waals surface area contributed by atoms with Crippen LogP contribution >= 0.6 is 0 Å². The SMILES string of the molecule is CN(C)S(=O)(=O)c1cccc(NCC(C)(C)CCO)c1N. The molecule has 0 atom stereocenters. The number of sulfonamides is 1. The van der Waals surface area contributed by atoms with E-state index in [1.165, 1.54) is 20.2 Å². The third kappa shape index (κ3) is 4.33. The van der Waals surface area contributed by atoms with Crippen LogP contribution in [0.25, 0.3) is 0 Å². The van der Waals surface area contributed by atoms with Crippen molar-refractivity contribution < 1.29 is 13.5 Å². The molecule has 6 nitrogen and oxygen atoms in total. The van der Waals surface area contributed by atoms with Gasteiger partial charge in [0.25, 0.3) is 0 Å². The summed E-state index contributed by atoms with van der Waals surface area (Å²) < 4.78 is 25.5. The number of hydrogen-bond donors (Lipinski definition) is 3. The highest BCUT2D eigenvalue weighted by Gasteiger charge is 2.23. The fraction of sp³-hybridized carbons (Fsp3) is 0.571. The first-order chi connectivity index (χ1) is 9.62. The Morgan fingerprint density at radius 1 is 1.33 bits per heavy atom. The second-order valence-electron chi connectivity index (χ2n) is 6.00. The molecule has 4 N–H and O–H groups in total. The van der Waals surface area contributed by atoms with E-state index in [0.29, 0.717) is 18.7 Å². The zero-order valence-corrected chi connectivity index (χ0v) is 13.9. The second kappa shape index (κ2) is 6.64. The largest absolute Gasteiger partial charge is 0.396 e. The Kier molecular flexibility index (Phi) is 5.61. The Labute approximate surface area is 127 Å². The number of nitrogens with one attached hydrogen (secondary N) is 1. The van der Waals surface area contributed by atoms with Crippen molar-refractivity contribution in [1.82, 2.24) is 4.31 Å². The number of benzene rings is 1. The van der Waals surface area contributed by atoms with Crippen LogP contribution in [0.1, 0.15) is 20.3 Å². The lowest BCUT2D eigenvalue weighted by atomic mass is 9.89. The van der Waals surface area contributed by atoms with Gasteiger partial charge in [0.05, 0.1) is 11.4 Å². The average Bonchev–Trinajstić information content (AvgIpc) is 2.37. The number of nitrogens with zero attached hydrogens (tertiary/aromatic N) is 1. The molecular formula is C14H25N3O3S. The normalized spacial score (nSPS) is 12.7. The van der Waals surface area contributed by atoms with E-state index in [9.17, 15) is 8.42 Å². The second-order valence-corrected chi connectivity index (χ2v) is 8.12. The lowest BCUT2D eigenvalue weighted by Gasteiger charge is -2.25. The number of para-hydroxylation sites is 1. The van der Waals surface area contributed by atoms with Gasteiger partial charge in [-0.3, -0.25) is 0 Å². The average molecular weight is 315 g/mol. The van der Waals surface area contributed by atoms with Crippen molar-refractivity contribution in [2.75, 3.05) is 38.3 Å². The molecule has 0 aromatic heterocycles. The number of anilines is 2. The molecule has 0 saturated heterocycles. The quantitative estimate of drug-likeness (QED) is 0.660. The van der Waals surface area contributed by atoms with Gasteiger partial charge in [0, 0.05) is 27.2 Å². The summed E-state index contributed by atoms with van der Waals surface area (Å²) in [6.45, 7) is 4.74. The number of rotatable bonds is 7. The Balaban J connectivity index is 3.03. The maximum atomic E-state index is 12.2. The molecule has 0 spiro atoms. The molecule has 1 aromatic rings. The van der Waals surface area contributed by atoms with Gasteiger partial charge in [-0.15, -0.1) is 0 Å². The molecule has 0 amide bonds. The van der Waals surface area contributed by atoms with Crippen LogP contribution in [0.2, 0.25) is 0 Å². The van der Waals surface area contributed by atoms with E-state index in [0.717, 1.165) is 4.31 Å². The third-order valence-corrected chi connectivity index (χ3v) is 5.24. The third-order valence-electron chi connectivity index (χ3n) is 3.37. The highest BCUT2D eigenvalue weighted by Crippen LogP contribution is 2.29. The van der Waals surface area contributed by atoms with Crippen molar-refractivity contribution in [1.29, 1.82) is 0 Å². The predicted molar refractivity (Wildman–Crippen MR) is 85.7 cm³/mol.